The number of amides is 1. The average Bonchev–Trinajstić information content (AvgIpc) is 3.35. The number of nitrogens with one attached hydrogen (secondary N) is 1. The normalized spacial score (nSPS) is 18.5. The Morgan fingerprint density at radius 3 is 2.69 bits per heavy atom. The molecule has 1 heterocycles. The molecule has 1 N–H and O–H groups in total. The minimum atomic E-state index is -0.0321. The Labute approximate surface area is 157 Å². The molecule has 5 heteroatoms. The predicted octanol–water partition coefficient (Wildman–Crippen LogP) is 4.64. The topological polar surface area (TPSA) is 46.9 Å². The van der Waals surface area contributed by atoms with E-state index < -0.39 is 0 Å². The van der Waals surface area contributed by atoms with Gasteiger partial charge in [-0.15, -0.1) is 0 Å². The van der Waals surface area contributed by atoms with E-state index in [4.69, 9.17) is 11.6 Å². The number of carbonyl (C=O) groups is 1. The number of aromatic nitrogens is 2. The summed E-state index contributed by atoms with van der Waals surface area (Å²) in [7, 11) is 0. The van der Waals surface area contributed by atoms with Gasteiger partial charge in [-0.25, -0.2) is 4.68 Å². The van der Waals surface area contributed by atoms with Crippen LogP contribution in [0.15, 0.2) is 60.7 Å². The first-order chi connectivity index (χ1) is 12.6. The molecule has 0 spiro atoms. The molecule has 1 aliphatic rings. The highest BCUT2D eigenvalue weighted by atomic mass is 35.5. The zero-order chi connectivity index (χ0) is 18.1. The van der Waals surface area contributed by atoms with Crippen molar-refractivity contribution in [3.05, 3.63) is 82.5 Å². The van der Waals surface area contributed by atoms with Crippen molar-refractivity contribution in [2.75, 3.05) is 5.32 Å². The Balaban J connectivity index is 1.47. The maximum Gasteiger partial charge on any atom is 0.229 e. The zero-order valence-corrected chi connectivity index (χ0v) is 15.3. The zero-order valence-electron chi connectivity index (χ0n) is 14.5. The first-order valence-corrected chi connectivity index (χ1v) is 9.13. The monoisotopic (exact) mass is 365 g/mol. The van der Waals surface area contributed by atoms with Gasteiger partial charge in [0.2, 0.25) is 5.91 Å². The third-order valence-corrected chi connectivity index (χ3v) is 5.10. The molecule has 2 unspecified atom stereocenters. The number of hydrogen-bond acceptors (Lipinski definition) is 2. The summed E-state index contributed by atoms with van der Waals surface area (Å²) in [5, 5.41) is 8.30. The Bertz CT molecular complexity index is 935. The number of rotatable bonds is 5. The first kappa shape index (κ1) is 16.9. The average molecular weight is 366 g/mol. The molecule has 1 saturated carbocycles. The minimum absolute atomic E-state index is 0.0316. The van der Waals surface area contributed by atoms with Crippen LogP contribution in [-0.2, 0) is 11.3 Å². The van der Waals surface area contributed by atoms with E-state index in [2.05, 4.69) is 22.5 Å². The van der Waals surface area contributed by atoms with Gasteiger partial charge in [-0.2, -0.15) is 5.10 Å². The van der Waals surface area contributed by atoms with Gasteiger partial charge in [-0.3, -0.25) is 4.79 Å². The summed E-state index contributed by atoms with van der Waals surface area (Å²) in [6, 6.07) is 19.8. The Morgan fingerprint density at radius 2 is 1.92 bits per heavy atom. The van der Waals surface area contributed by atoms with Crippen LogP contribution in [0.1, 0.15) is 29.2 Å². The second-order valence-electron chi connectivity index (χ2n) is 6.77. The molecule has 4 rings (SSSR count). The molecule has 0 radical (unpaired) electrons. The van der Waals surface area contributed by atoms with E-state index in [1.807, 2.05) is 60.1 Å². The lowest BCUT2D eigenvalue weighted by atomic mass is 10.1. The maximum absolute atomic E-state index is 12.7. The molecule has 2 aromatic carbocycles. The summed E-state index contributed by atoms with van der Waals surface area (Å²) < 4.78 is 1.84. The standard InChI is InChI=1S/C21H20ClN3O/c1-14-11-20(25(24-14)13-15-7-3-2-4-8-15)23-21(26)18-12-17(18)16-9-5-6-10-19(16)22/h2-11,17-18H,12-13H2,1H3,(H,23,26). The fourth-order valence-electron chi connectivity index (χ4n) is 3.35. The number of aryl methyl sites for hydroxylation is 1. The second kappa shape index (κ2) is 6.96. The van der Waals surface area contributed by atoms with Gasteiger partial charge in [0.15, 0.2) is 0 Å². The summed E-state index contributed by atoms with van der Waals surface area (Å²) >= 11 is 6.26. The molecular weight excluding hydrogens is 346 g/mol. The molecule has 0 bridgehead atoms. The number of hydrogen-bond donors (Lipinski definition) is 1. The Morgan fingerprint density at radius 1 is 1.19 bits per heavy atom. The van der Waals surface area contributed by atoms with Crippen molar-refractivity contribution >= 4 is 23.3 Å². The van der Waals surface area contributed by atoms with Crippen LogP contribution in [0.5, 0.6) is 0 Å². The summed E-state index contributed by atoms with van der Waals surface area (Å²) in [5.41, 5.74) is 3.09. The van der Waals surface area contributed by atoms with E-state index >= 15 is 0 Å². The van der Waals surface area contributed by atoms with Crippen molar-refractivity contribution in [2.45, 2.75) is 25.8 Å². The Hall–Kier alpha value is -2.59. The van der Waals surface area contributed by atoms with Crippen molar-refractivity contribution in [1.82, 2.24) is 9.78 Å². The van der Waals surface area contributed by atoms with E-state index in [0.717, 1.165) is 34.1 Å². The summed E-state index contributed by atoms with van der Waals surface area (Å²) in [6.45, 7) is 2.56. The largest absolute Gasteiger partial charge is 0.311 e. The van der Waals surface area contributed by atoms with E-state index in [-0.39, 0.29) is 17.7 Å². The molecule has 132 valence electrons. The van der Waals surface area contributed by atoms with Crippen LogP contribution in [0.3, 0.4) is 0 Å². The highest BCUT2D eigenvalue weighted by molar-refractivity contribution is 6.31. The smallest absolute Gasteiger partial charge is 0.229 e. The van der Waals surface area contributed by atoms with Crippen LogP contribution >= 0.6 is 11.6 Å². The number of nitrogens with zero attached hydrogens (tertiary/aromatic N) is 2. The molecule has 26 heavy (non-hydrogen) atoms. The molecule has 2 atom stereocenters. The van der Waals surface area contributed by atoms with Crippen LogP contribution < -0.4 is 5.32 Å². The number of halogens is 1. The summed E-state index contributed by atoms with van der Waals surface area (Å²) in [5.74, 6) is 0.941. The second-order valence-corrected chi connectivity index (χ2v) is 7.18. The fraction of sp³-hybridized carbons (Fsp3) is 0.238. The minimum Gasteiger partial charge on any atom is -0.311 e. The molecule has 1 aliphatic carbocycles. The van der Waals surface area contributed by atoms with Gasteiger partial charge in [-0.1, -0.05) is 60.1 Å². The fourth-order valence-corrected chi connectivity index (χ4v) is 3.62. The van der Waals surface area contributed by atoms with Crippen LogP contribution in [0.4, 0.5) is 5.82 Å². The predicted molar refractivity (Wildman–Crippen MR) is 103 cm³/mol. The van der Waals surface area contributed by atoms with Gasteiger partial charge in [0.05, 0.1) is 12.2 Å². The van der Waals surface area contributed by atoms with Gasteiger partial charge in [-0.05, 0) is 36.5 Å². The molecular formula is C21H20ClN3O. The molecule has 1 aromatic heterocycles. The lowest BCUT2D eigenvalue weighted by molar-refractivity contribution is -0.117. The third kappa shape index (κ3) is 3.51. The molecule has 4 nitrogen and oxygen atoms in total. The third-order valence-electron chi connectivity index (χ3n) is 4.76. The molecule has 1 amide bonds. The maximum atomic E-state index is 12.7. The highest BCUT2D eigenvalue weighted by Crippen LogP contribution is 2.50. The quantitative estimate of drug-likeness (QED) is 0.716. The number of carbonyl (C=O) groups excluding carboxylic acids is 1. The lowest BCUT2D eigenvalue weighted by Gasteiger charge is -2.09. The Kier molecular flexibility index (Phi) is 4.51. The number of anilines is 1. The molecule has 1 fully saturated rings. The lowest BCUT2D eigenvalue weighted by Crippen LogP contribution is -2.18. The van der Waals surface area contributed by atoms with Crippen LogP contribution in [-0.4, -0.2) is 15.7 Å². The van der Waals surface area contributed by atoms with Gasteiger partial charge < -0.3 is 5.32 Å². The van der Waals surface area contributed by atoms with E-state index in [1.54, 1.807) is 0 Å². The van der Waals surface area contributed by atoms with E-state index in [9.17, 15) is 4.79 Å². The van der Waals surface area contributed by atoms with Crippen LogP contribution in [0.25, 0.3) is 0 Å². The summed E-state index contributed by atoms with van der Waals surface area (Å²) in [6.07, 6.45) is 0.835. The summed E-state index contributed by atoms with van der Waals surface area (Å²) in [4.78, 5) is 12.7. The first-order valence-electron chi connectivity index (χ1n) is 8.75. The van der Waals surface area contributed by atoms with E-state index in [0.29, 0.717) is 6.54 Å². The van der Waals surface area contributed by atoms with E-state index in [1.165, 1.54) is 0 Å². The molecule has 0 saturated heterocycles. The molecule has 3 aromatic rings. The van der Waals surface area contributed by atoms with Crippen molar-refractivity contribution in [3.63, 3.8) is 0 Å². The van der Waals surface area contributed by atoms with Gasteiger partial charge in [0.1, 0.15) is 5.82 Å². The van der Waals surface area contributed by atoms with Gasteiger partial charge >= 0.3 is 0 Å². The SMILES string of the molecule is Cc1cc(NC(=O)C2CC2c2ccccc2Cl)n(Cc2ccccc2)n1. The van der Waals surface area contributed by atoms with Gasteiger partial charge in [0, 0.05) is 17.0 Å². The highest BCUT2D eigenvalue weighted by Gasteiger charge is 2.45. The van der Waals surface area contributed by atoms with Crippen LogP contribution in [0.2, 0.25) is 5.02 Å². The number of benzene rings is 2. The molecule has 0 aliphatic heterocycles. The van der Waals surface area contributed by atoms with Crippen molar-refractivity contribution in [1.29, 1.82) is 0 Å². The van der Waals surface area contributed by atoms with Crippen LogP contribution in [0, 0.1) is 12.8 Å². The van der Waals surface area contributed by atoms with Gasteiger partial charge in [0.25, 0.3) is 0 Å². The van der Waals surface area contributed by atoms with Crippen molar-refractivity contribution in [2.24, 2.45) is 5.92 Å². The van der Waals surface area contributed by atoms with Crippen molar-refractivity contribution in [3.8, 4) is 0 Å². The van der Waals surface area contributed by atoms with Crippen molar-refractivity contribution < 1.29 is 4.79 Å².